The topological polar surface area (TPSA) is 66.0 Å². The molecule has 4 aromatic carbocycles. The molecule has 0 spiro atoms. The van der Waals surface area contributed by atoms with E-state index in [1.165, 1.54) is 37.7 Å². The number of esters is 1. The van der Waals surface area contributed by atoms with Crippen LogP contribution in [0.5, 0.6) is 23.0 Å². The molecule has 45 heavy (non-hydrogen) atoms. The normalized spacial score (nSPS) is 15.0. The van der Waals surface area contributed by atoms with E-state index in [1.807, 2.05) is 60.7 Å². The first-order valence-corrected chi connectivity index (χ1v) is 16.1. The summed E-state index contributed by atoms with van der Waals surface area (Å²) < 4.78 is 23.0. The number of benzene rings is 4. The molecule has 0 radical (unpaired) electrons. The molecule has 1 aliphatic carbocycles. The van der Waals surface area contributed by atoms with Crippen molar-refractivity contribution in [3.05, 3.63) is 119 Å². The number of ether oxygens (including phenoxy) is 4. The van der Waals surface area contributed by atoms with Gasteiger partial charge in [0.05, 0.1) is 5.56 Å². The van der Waals surface area contributed by atoms with Gasteiger partial charge in [0.15, 0.2) is 11.5 Å². The zero-order chi connectivity index (χ0) is 30.8. The van der Waals surface area contributed by atoms with Crippen LogP contribution in [0, 0.1) is 5.92 Å². The van der Waals surface area contributed by atoms with Crippen molar-refractivity contribution in [2.75, 3.05) is 26.5 Å². The Morgan fingerprint density at radius 2 is 1.42 bits per heavy atom. The van der Waals surface area contributed by atoms with Crippen LogP contribution in [0.25, 0.3) is 11.1 Å². The largest absolute Gasteiger partial charge is 0.492 e. The van der Waals surface area contributed by atoms with E-state index in [2.05, 4.69) is 36.5 Å². The highest BCUT2D eigenvalue weighted by Gasteiger charge is 2.19. The van der Waals surface area contributed by atoms with Gasteiger partial charge in [-0.3, -0.25) is 0 Å². The molecule has 6 rings (SSSR count). The third kappa shape index (κ3) is 7.76. The molecule has 1 N–H and O–H groups in total. The zero-order valence-corrected chi connectivity index (χ0v) is 25.9. The van der Waals surface area contributed by atoms with E-state index in [0.29, 0.717) is 17.9 Å². The Kier molecular flexibility index (Phi) is 10.1. The predicted molar refractivity (Wildman–Crippen MR) is 178 cm³/mol. The summed E-state index contributed by atoms with van der Waals surface area (Å²) in [5.74, 6) is 3.28. The molecule has 4 aromatic rings. The van der Waals surface area contributed by atoms with E-state index in [0.717, 1.165) is 64.9 Å². The lowest BCUT2D eigenvalue weighted by atomic mass is 9.88. The van der Waals surface area contributed by atoms with Gasteiger partial charge in [0, 0.05) is 6.54 Å². The first kappa shape index (κ1) is 30.5. The highest BCUT2D eigenvalue weighted by molar-refractivity contribution is 5.99. The van der Waals surface area contributed by atoms with E-state index < -0.39 is 0 Å². The molecule has 0 aromatic heterocycles. The number of fused-ring (bicyclic) bond motifs is 1. The van der Waals surface area contributed by atoms with Crippen molar-refractivity contribution in [1.29, 1.82) is 0 Å². The van der Waals surface area contributed by atoms with Gasteiger partial charge in [0.1, 0.15) is 18.1 Å². The van der Waals surface area contributed by atoms with Crippen LogP contribution >= 0.6 is 0 Å². The van der Waals surface area contributed by atoms with Crippen LogP contribution in [-0.4, -0.2) is 32.5 Å². The average Bonchev–Trinajstić information content (AvgIpc) is 3.57. The van der Waals surface area contributed by atoms with Crippen molar-refractivity contribution in [1.82, 2.24) is 5.32 Å². The lowest BCUT2D eigenvalue weighted by molar-refractivity contribution is 0.0734. The van der Waals surface area contributed by atoms with Gasteiger partial charge in [-0.1, -0.05) is 74.7 Å². The van der Waals surface area contributed by atoms with E-state index in [1.54, 1.807) is 12.1 Å². The zero-order valence-electron chi connectivity index (χ0n) is 25.9. The summed E-state index contributed by atoms with van der Waals surface area (Å²) in [5.41, 5.74) is 5.94. The van der Waals surface area contributed by atoms with Crippen LogP contribution in [0.3, 0.4) is 0 Å². The minimum absolute atomic E-state index is 0.234. The summed E-state index contributed by atoms with van der Waals surface area (Å²) in [6.07, 6.45) is 7.61. The second-order valence-corrected chi connectivity index (χ2v) is 11.6. The molecule has 1 aliphatic heterocycles. The summed E-state index contributed by atoms with van der Waals surface area (Å²) in [4.78, 5) is 12.6. The summed E-state index contributed by atoms with van der Waals surface area (Å²) in [6.45, 7) is 4.95. The fourth-order valence-corrected chi connectivity index (χ4v) is 6.21. The Bertz CT molecular complexity index is 1590. The fraction of sp³-hybridized carbons (Fsp3) is 0.308. The van der Waals surface area contributed by atoms with Crippen LogP contribution < -0.4 is 24.3 Å². The summed E-state index contributed by atoms with van der Waals surface area (Å²) in [5, 5.41) is 3.58. The molecule has 232 valence electrons. The van der Waals surface area contributed by atoms with Crippen molar-refractivity contribution in [3.63, 3.8) is 0 Å². The Balaban J connectivity index is 1.21. The molecular formula is C39H41NO5. The van der Waals surface area contributed by atoms with Gasteiger partial charge in [-0.05, 0) is 108 Å². The number of carbonyl (C=O) groups is 1. The minimum atomic E-state index is -0.381. The maximum Gasteiger partial charge on any atom is 0.343 e. The number of rotatable bonds is 12. The van der Waals surface area contributed by atoms with Crippen LogP contribution in [0.4, 0.5) is 0 Å². The van der Waals surface area contributed by atoms with E-state index in [-0.39, 0.29) is 12.8 Å². The SMILES string of the molecule is CCC(=C(c1ccc(OCCNCC2CCCCC2)cc1)c1ccc(OC(=O)c2ccccc2)cc1)c1ccc2c(c1)OCO2. The predicted octanol–water partition coefficient (Wildman–Crippen LogP) is 8.55. The van der Waals surface area contributed by atoms with E-state index in [4.69, 9.17) is 18.9 Å². The Morgan fingerprint density at radius 1 is 0.756 bits per heavy atom. The Hall–Kier alpha value is -4.55. The third-order valence-corrected chi connectivity index (χ3v) is 8.59. The van der Waals surface area contributed by atoms with Crippen LogP contribution in [0.15, 0.2) is 97.1 Å². The van der Waals surface area contributed by atoms with Crippen LogP contribution in [0.2, 0.25) is 0 Å². The number of carbonyl (C=O) groups excluding carboxylic acids is 1. The van der Waals surface area contributed by atoms with Crippen molar-refractivity contribution >= 4 is 17.1 Å². The highest BCUT2D eigenvalue weighted by Crippen LogP contribution is 2.40. The van der Waals surface area contributed by atoms with E-state index in [9.17, 15) is 4.79 Å². The number of hydrogen-bond donors (Lipinski definition) is 1. The molecule has 0 amide bonds. The minimum Gasteiger partial charge on any atom is -0.492 e. The summed E-state index contributed by atoms with van der Waals surface area (Å²) in [7, 11) is 0. The Labute approximate surface area is 266 Å². The second kappa shape index (κ2) is 15.0. The molecule has 0 bridgehead atoms. The quantitative estimate of drug-likeness (QED) is 0.0758. The lowest BCUT2D eigenvalue weighted by Gasteiger charge is -2.21. The highest BCUT2D eigenvalue weighted by atomic mass is 16.7. The van der Waals surface area contributed by atoms with Crippen LogP contribution in [0.1, 0.15) is 72.5 Å². The maximum atomic E-state index is 12.6. The number of allylic oxidation sites excluding steroid dienone is 1. The summed E-state index contributed by atoms with van der Waals surface area (Å²) in [6, 6.07) is 31.1. The van der Waals surface area contributed by atoms with Gasteiger partial charge >= 0.3 is 5.97 Å². The van der Waals surface area contributed by atoms with Crippen molar-refractivity contribution in [2.24, 2.45) is 5.92 Å². The average molecular weight is 604 g/mol. The maximum absolute atomic E-state index is 12.6. The molecule has 2 aliphatic rings. The molecule has 1 saturated carbocycles. The molecular weight excluding hydrogens is 562 g/mol. The first-order valence-electron chi connectivity index (χ1n) is 16.1. The van der Waals surface area contributed by atoms with Gasteiger partial charge in [-0.2, -0.15) is 0 Å². The van der Waals surface area contributed by atoms with Crippen LogP contribution in [-0.2, 0) is 0 Å². The molecule has 0 unspecified atom stereocenters. The molecule has 0 saturated heterocycles. The number of hydrogen-bond acceptors (Lipinski definition) is 6. The molecule has 1 heterocycles. The molecule has 6 heteroatoms. The van der Waals surface area contributed by atoms with Crippen molar-refractivity contribution < 1.29 is 23.7 Å². The summed E-state index contributed by atoms with van der Waals surface area (Å²) >= 11 is 0. The first-order chi connectivity index (χ1) is 22.2. The van der Waals surface area contributed by atoms with Gasteiger partial charge in [0.25, 0.3) is 0 Å². The smallest absolute Gasteiger partial charge is 0.343 e. The fourth-order valence-electron chi connectivity index (χ4n) is 6.21. The molecule has 0 atom stereocenters. The van der Waals surface area contributed by atoms with Crippen molar-refractivity contribution in [3.8, 4) is 23.0 Å². The van der Waals surface area contributed by atoms with Gasteiger partial charge in [-0.25, -0.2) is 4.79 Å². The van der Waals surface area contributed by atoms with Crippen molar-refractivity contribution in [2.45, 2.75) is 45.4 Å². The van der Waals surface area contributed by atoms with Gasteiger partial charge in [0.2, 0.25) is 6.79 Å². The number of nitrogens with one attached hydrogen (secondary N) is 1. The van der Waals surface area contributed by atoms with Gasteiger partial charge in [-0.15, -0.1) is 0 Å². The Morgan fingerprint density at radius 3 is 2.13 bits per heavy atom. The molecule has 6 nitrogen and oxygen atoms in total. The van der Waals surface area contributed by atoms with Gasteiger partial charge < -0.3 is 24.3 Å². The lowest BCUT2D eigenvalue weighted by Crippen LogP contribution is -2.28. The third-order valence-electron chi connectivity index (χ3n) is 8.59. The monoisotopic (exact) mass is 603 g/mol. The van der Waals surface area contributed by atoms with E-state index >= 15 is 0 Å². The standard InChI is InChI=1S/C39H41NO5/c1-2-35(32-17-22-36-37(25-32)44-27-43-36)38(30-15-20-34(21-16-30)45-39(41)31-11-7-4-8-12-31)29-13-18-33(19-14-29)42-24-23-40-26-28-9-5-3-6-10-28/h4,7-8,11-22,25,28,40H,2-3,5-6,9-10,23-24,26-27H2,1H3. The molecule has 1 fully saturated rings. The second-order valence-electron chi connectivity index (χ2n) is 11.6.